The van der Waals surface area contributed by atoms with Crippen molar-refractivity contribution in [2.24, 2.45) is 0 Å². The number of hydrogen-bond acceptors (Lipinski definition) is 2. The van der Waals surface area contributed by atoms with E-state index in [0.29, 0.717) is 0 Å². The molecule has 82 valence electrons. The van der Waals surface area contributed by atoms with E-state index in [0.717, 1.165) is 5.70 Å². The van der Waals surface area contributed by atoms with Gasteiger partial charge in [-0.2, -0.15) is 0 Å². The molecule has 0 radical (unpaired) electrons. The number of likely N-dealkylation sites (N-methyl/N-ethyl adjacent to an activating group) is 1. The zero-order valence-electron chi connectivity index (χ0n) is 10.0. The molecule has 15 heavy (non-hydrogen) atoms. The summed E-state index contributed by atoms with van der Waals surface area (Å²) in [4.78, 5) is 2.11. The molecule has 0 aromatic carbocycles. The fourth-order valence-corrected chi connectivity index (χ4v) is 1.64. The van der Waals surface area contributed by atoms with Crippen molar-refractivity contribution in [1.29, 1.82) is 0 Å². The van der Waals surface area contributed by atoms with Crippen LogP contribution in [0.25, 0.3) is 0 Å². The van der Waals surface area contributed by atoms with Crippen LogP contribution >= 0.6 is 0 Å². The minimum atomic E-state index is -0.0623. The first-order valence-electron chi connectivity index (χ1n) is 5.21. The van der Waals surface area contributed by atoms with E-state index in [1.807, 2.05) is 38.4 Å². The lowest BCUT2D eigenvalue weighted by molar-refractivity contribution is 0.395. The Labute approximate surface area is 92.7 Å². The first-order chi connectivity index (χ1) is 7.03. The lowest BCUT2D eigenvalue weighted by atomic mass is 9.98. The average Bonchev–Trinajstić information content (AvgIpc) is 2.21. The minimum Gasteiger partial charge on any atom is -0.320 e. The van der Waals surface area contributed by atoms with E-state index in [-0.39, 0.29) is 5.54 Å². The molecule has 0 fully saturated rings. The van der Waals surface area contributed by atoms with Crippen LogP contribution in [0, 0.1) is 0 Å². The Balaban J connectivity index is 3.00. The van der Waals surface area contributed by atoms with E-state index in [4.69, 9.17) is 0 Å². The van der Waals surface area contributed by atoms with Gasteiger partial charge in [-0.25, -0.2) is 0 Å². The van der Waals surface area contributed by atoms with Crippen LogP contribution in [-0.2, 0) is 0 Å². The van der Waals surface area contributed by atoms with Gasteiger partial charge in [-0.3, -0.25) is 0 Å². The Kier molecular flexibility index (Phi) is 3.53. The molecule has 1 aliphatic heterocycles. The highest BCUT2D eigenvalue weighted by Crippen LogP contribution is 2.25. The highest BCUT2D eigenvalue weighted by molar-refractivity contribution is 5.33. The summed E-state index contributed by atoms with van der Waals surface area (Å²) < 4.78 is 0. The maximum Gasteiger partial charge on any atom is 0.0529 e. The van der Waals surface area contributed by atoms with Crippen molar-refractivity contribution in [3.05, 3.63) is 48.5 Å². The molecule has 0 atom stereocenters. The molecule has 0 unspecified atom stereocenters. The standard InChI is InChI=1S/C13H20N2/c1-6-12(13(3,4)14-5)15-10-8-7-9-11(15)2/h6-10,14H,2H2,1,3-5H3/b12-6-. The van der Waals surface area contributed by atoms with Gasteiger partial charge in [0.15, 0.2) is 0 Å². The third kappa shape index (κ3) is 2.39. The first-order valence-corrected chi connectivity index (χ1v) is 5.21. The normalized spacial score (nSPS) is 17.5. The zero-order valence-corrected chi connectivity index (χ0v) is 10.0. The summed E-state index contributed by atoms with van der Waals surface area (Å²) in [6.45, 7) is 10.4. The number of rotatable bonds is 3. The molecular formula is C13H20N2. The summed E-state index contributed by atoms with van der Waals surface area (Å²) in [5.74, 6) is 0. The molecule has 0 saturated carbocycles. The van der Waals surface area contributed by atoms with E-state index in [1.165, 1.54) is 5.70 Å². The van der Waals surface area contributed by atoms with Gasteiger partial charge in [0.25, 0.3) is 0 Å². The maximum absolute atomic E-state index is 4.03. The second-order valence-corrected chi connectivity index (χ2v) is 4.11. The molecule has 0 aliphatic carbocycles. The van der Waals surface area contributed by atoms with Crippen LogP contribution in [-0.4, -0.2) is 17.5 Å². The summed E-state index contributed by atoms with van der Waals surface area (Å²) >= 11 is 0. The van der Waals surface area contributed by atoms with Crippen LogP contribution < -0.4 is 5.32 Å². The van der Waals surface area contributed by atoms with E-state index in [1.54, 1.807) is 0 Å². The van der Waals surface area contributed by atoms with Gasteiger partial charge < -0.3 is 10.2 Å². The van der Waals surface area contributed by atoms with Crippen LogP contribution in [0.15, 0.2) is 48.5 Å². The second-order valence-electron chi connectivity index (χ2n) is 4.11. The van der Waals surface area contributed by atoms with Crippen LogP contribution in [0.4, 0.5) is 0 Å². The Bertz CT molecular complexity index is 332. The van der Waals surface area contributed by atoms with E-state index < -0.39 is 0 Å². The molecule has 0 amide bonds. The number of nitrogens with zero attached hydrogens (tertiary/aromatic N) is 1. The third-order valence-corrected chi connectivity index (χ3v) is 2.74. The molecule has 1 rings (SSSR count). The molecule has 1 N–H and O–H groups in total. The van der Waals surface area contributed by atoms with Crippen molar-refractivity contribution in [1.82, 2.24) is 10.2 Å². The zero-order chi connectivity index (χ0) is 11.5. The van der Waals surface area contributed by atoms with Gasteiger partial charge in [-0.15, -0.1) is 0 Å². The highest BCUT2D eigenvalue weighted by Gasteiger charge is 2.25. The molecule has 0 aromatic rings. The minimum absolute atomic E-state index is 0.0623. The van der Waals surface area contributed by atoms with E-state index in [2.05, 4.69) is 36.7 Å². The summed E-state index contributed by atoms with van der Waals surface area (Å²) in [6, 6.07) is 0. The first kappa shape index (κ1) is 11.8. The SMILES string of the molecule is C=C1C=CC=CN1/C(=C\C)C(C)(C)NC. The lowest BCUT2D eigenvalue weighted by Crippen LogP contribution is -2.43. The fourth-order valence-electron chi connectivity index (χ4n) is 1.64. The van der Waals surface area contributed by atoms with Gasteiger partial charge in [-0.1, -0.05) is 18.7 Å². The topological polar surface area (TPSA) is 15.3 Å². The van der Waals surface area contributed by atoms with Gasteiger partial charge in [0.2, 0.25) is 0 Å². The number of allylic oxidation sites excluding steroid dienone is 4. The van der Waals surface area contributed by atoms with E-state index >= 15 is 0 Å². The molecular weight excluding hydrogens is 184 g/mol. The molecule has 2 nitrogen and oxygen atoms in total. The Morgan fingerprint density at radius 1 is 1.47 bits per heavy atom. The molecule has 0 aromatic heterocycles. The summed E-state index contributed by atoms with van der Waals surface area (Å²) in [5, 5.41) is 3.30. The van der Waals surface area contributed by atoms with E-state index in [9.17, 15) is 0 Å². The summed E-state index contributed by atoms with van der Waals surface area (Å²) in [7, 11) is 1.97. The van der Waals surface area contributed by atoms with Gasteiger partial charge in [0.1, 0.15) is 0 Å². The monoisotopic (exact) mass is 204 g/mol. The van der Waals surface area contributed by atoms with Crippen LogP contribution in [0.3, 0.4) is 0 Å². The third-order valence-electron chi connectivity index (χ3n) is 2.74. The Hall–Kier alpha value is -1.28. The summed E-state index contributed by atoms with van der Waals surface area (Å²) in [6.07, 6.45) is 10.2. The Morgan fingerprint density at radius 2 is 2.13 bits per heavy atom. The number of hydrogen-bond donors (Lipinski definition) is 1. The van der Waals surface area contributed by atoms with Gasteiger partial charge in [0.05, 0.1) is 5.54 Å². The maximum atomic E-state index is 4.03. The van der Waals surface area contributed by atoms with Crippen molar-refractivity contribution in [2.75, 3.05) is 7.05 Å². The summed E-state index contributed by atoms with van der Waals surface area (Å²) in [5.41, 5.74) is 2.14. The molecule has 1 heterocycles. The fraction of sp³-hybridized carbons (Fsp3) is 0.385. The molecule has 0 saturated heterocycles. The number of nitrogens with one attached hydrogen (secondary N) is 1. The van der Waals surface area contributed by atoms with Gasteiger partial charge in [-0.05, 0) is 40.0 Å². The van der Waals surface area contributed by atoms with Crippen LogP contribution in [0.1, 0.15) is 20.8 Å². The molecule has 0 bridgehead atoms. The smallest absolute Gasteiger partial charge is 0.0529 e. The predicted octanol–water partition coefficient (Wildman–Crippen LogP) is 2.79. The van der Waals surface area contributed by atoms with Crippen molar-refractivity contribution >= 4 is 0 Å². The van der Waals surface area contributed by atoms with Crippen molar-refractivity contribution in [3.63, 3.8) is 0 Å². The quantitative estimate of drug-likeness (QED) is 0.760. The largest absolute Gasteiger partial charge is 0.320 e. The molecule has 2 heteroatoms. The predicted molar refractivity (Wildman–Crippen MR) is 66.2 cm³/mol. The molecule has 1 aliphatic rings. The van der Waals surface area contributed by atoms with Gasteiger partial charge in [0, 0.05) is 17.6 Å². The Morgan fingerprint density at radius 3 is 2.60 bits per heavy atom. The van der Waals surface area contributed by atoms with Gasteiger partial charge >= 0.3 is 0 Å². The van der Waals surface area contributed by atoms with Crippen molar-refractivity contribution in [3.8, 4) is 0 Å². The highest BCUT2D eigenvalue weighted by atomic mass is 15.2. The average molecular weight is 204 g/mol. The van der Waals surface area contributed by atoms with Crippen molar-refractivity contribution < 1.29 is 0 Å². The van der Waals surface area contributed by atoms with Crippen molar-refractivity contribution in [2.45, 2.75) is 26.3 Å². The molecule has 0 spiro atoms. The second kappa shape index (κ2) is 4.49. The van der Waals surface area contributed by atoms with Crippen LogP contribution in [0.5, 0.6) is 0 Å². The van der Waals surface area contributed by atoms with Crippen LogP contribution in [0.2, 0.25) is 0 Å². The lowest BCUT2D eigenvalue weighted by Gasteiger charge is -2.36.